The van der Waals surface area contributed by atoms with Gasteiger partial charge in [0.15, 0.2) is 0 Å². The Balaban J connectivity index is 1.96. The third-order valence-corrected chi connectivity index (χ3v) is 3.37. The molecule has 1 heterocycles. The van der Waals surface area contributed by atoms with Crippen LogP contribution in [-0.2, 0) is 16.1 Å². The smallest absolute Gasteiger partial charge is 0.225 e. The fourth-order valence-electron chi connectivity index (χ4n) is 2.38. The van der Waals surface area contributed by atoms with E-state index in [1.54, 1.807) is 17.0 Å². The molecule has 114 valence electrons. The zero-order valence-electron chi connectivity index (χ0n) is 12.6. The summed E-state index contributed by atoms with van der Waals surface area (Å²) < 4.78 is 12.9. The maximum Gasteiger partial charge on any atom is 0.225 e. The average molecular weight is 292 g/mol. The fourth-order valence-corrected chi connectivity index (χ4v) is 2.38. The molecule has 1 N–H and O–H groups in total. The van der Waals surface area contributed by atoms with Crippen LogP contribution in [0.4, 0.5) is 4.39 Å². The van der Waals surface area contributed by atoms with Crippen molar-refractivity contribution in [1.29, 1.82) is 0 Å². The van der Waals surface area contributed by atoms with Crippen molar-refractivity contribution in [3.8, 4) is 0 Å². The first-order chi connectivity index (χ1) is 9.74. The van der Waals surface area contributed by atoms with Gasteiger partial charge in [0.2, 0.25) is 11.8 Å². The molecule has 0 aromatic heterocycles. The van der Waals surface area contributed by atoms with E-state index in [2.05, 4.69) is 5.32 Å². The summed E-state index contributed by atoms with van der Waals surface area (Å²) in [5.74, 6) is -0.725. The first kappa shape index (κ1) is 15.5. The molecule has 1 atom stereocenters. The lowest BCUT2D eigenvalue weighted by Crippen LogP contribution is -2.44. The largest absolute Gasteiger partial charge is 0.351 e. The second kappa shape index (κ2) is 5.84. The minimum atomic E-state index is -0.308. The molecule has 0 radical (unpaired) electrons. The standard InChI is InChI=1S/C16H21FN2O2/c1-16(2,3)18-15(21)12-8-14(20)19(10-12)9-11-4-6-13(17)7-5-11/h4-7,12H,8-10H2,1-3H3,(H,18,21). The summed E-state index contributed by atoms with van der Waals surface area (Å²) in [6.45, 7) is 6.57. The van der Waals surface area contributed by atoms with Crippen LogP contribution in [0.15, 0.2) is 24.3 Å². The van der Waals surface area contributed by atoms with Crippen LogP contribution < -0.4 is 5.32 Å². The minimum absolute atomic E-state index is 0.0339. The first-order valence-corrected chi connectivity index (χ1v) is 7.09. The summed E-state index contributed by atoms with van der Waals surface area (Å²) in [5, 5.41) is 2.91. The van der Waals surface area contributed by atoms with E-state index in [1.807, 2.05) is 20.8 Å². The highest BCUT2D eigenvalue weighted by Crippen LogP contribution is 2.21. The Labute approximate surface area is 124 Å². The Kier molecular flexibility index (Phi) is 4.30. The monoisotopic (exact) mass is 292 g/mol. The van der Waals surface area contributed by atoms with Gasteiger partial charge >= 0.3 is 0 Å². The van der Waals surface area contributed by atoms with Gasteiger partial charge in [0.25, 0.3) is 0 Å². The predicted octanol–water partition coefficient (Wildman–Crippen LogP) is 2.09. The van der Waals surface area contributed by atoms with Crippen LogP contribution in [0.2, 0.25) is 0 Å². The average Bonchev–Trinajstić information content (AvgIpc) is 2.72. The number of hydrogen-bond donors (Lipinski definition) is 1. The Morgan fingerprint density at radius 3 is 2.52 bits per heavy atom. The Morgan fingerprint density at radius 1 is 1.33 bits per heavy atom. The fraction of sp³-hybridized carbons (Fsp3) is 0.500. The highest BCUT2D eigenvalue weighted by molar-refractivity contribution is 5.89. The first-order valence-electron chi connectivity index (χ1n) is 7.09. The molecule has 0 aliphatic carbocycles. The Hall–Kier alpha value is -1.91. The molecule has 1 aromatic rings. The van der Waals surface area contributed by atoms with Gasteiger partial charge in [0, 0.05) is 25.0 Å². The second-order valence-electron chi connectivity index (χ2n) is 6.54. The van der Waals surface area contributed by atoms with E-state index >= 15 is 0 Å². The van der Waals surface area contributed by atoms with Gasteiger partial charge in [0.05, 0.1) is 5.92 Å². The summed E-state index contributed by atoms with van der Waals surface area (Å²) >= 11 is 0. The summed E-state index contributed by atoms with van der Waals surface area (Å²) in [6, 6.07) is 6.07. The van der Waals surface area contributed by atoms with Crippen molar-refractivity contribution >= 4 is 11.8 Å². The molecular weight excluding hydrogens is 271 g/mol. The highest BCUT2D eigenvalue weighted by atomic mass is 19.1. The van der Waals surface area contributed by atoms with Crippen LogP contribution in [0.1, 0.15) is 32.8 Å². The lowest BCUT2D eigenvalue weighted by Gasteiger charge is -2.23. The molecule has 1 aromatic carbocycles. The van der Waals surface area contributed by atoms with E-state index in [1.165, 1.54) is 12.1 Å². The molecule has 2 amide bonds. The maximum absolute atomic E-state index is 12.9. The lowest BCUT2D eigenvalue weighted by atomic mass is 10.0. The van der Waals surface area contributed by atoms with Gasteiger partial charge < -0.3 is 10.2 Å². The Morgan fingerprint density at radius 2 is 1.95 bits per heavy atom. The molecule has 1 aliphatic rings. The van der Waals surface area contributed by atoms with Crippen LogP contribution in [0.25, 0.3) is 0 Å². The molecule has 1 saturated heterocycles. The third-order valence-electron chi connectivity index (χ3n) is 3.37. The van der Waals surface area contributed by atoms with Crippen molar-refractivity contribution in [3.63, 3.8) is 0 Å². The van der Waals surface area contributed by atoms with Gasteiger partial charge in [-0.1, -0.05) is 12.1 Å². The van der Waals surface area contributed by atoms with Crippen molar-refractivity contribution < 1.29 is 14.0 Å². The molecule has 0 spiro atoms. The molecule has 0 bridgehead atoms. The van der Waals surface area contributed by atoms with Gasteiger partial charge in [-0.15, -0.1) is 0 Å². The van der Waals surface area contributed by atoms with Crippen molar-refractivity contribution in [2.45, 2.75) is 39.3 Å². The van der Waals surface area contributed by atoms with Crippen LogP contribution in [0, 0.1) is 11.7 Å². The van der Waals surface area contributed by atoms with Crippen LogP contribution >= 0.6 is 0 Å². The van der Waals surface area contributed by atoms with Crippen molar-refractivity contribution in [1.82, 2.24) is 10.2 Å². The number of carbonyl (C=O) groups is 2. The van der Waals surface area contributed by atoms with Crippen LogP contribution in [0.3, 0.4) is 0 Å². The lowest BCUT2D eigenvalue weighted by molar-refractivity contribution is -0.129. The number of nitrogens with one attached hydrogen (secondary N) is 1. The topological polar surface area (TPSA) is 49.4 Å². The maximum atomic E-state index is 12.9. The quantitative estimate of drug-likeness (QED) is 0.927. The zero-order chi connectivity index (χ0) is 15.6. The van der Waals surface area contributed by atoms with Gasteiger partial charge in [-0.05, 0) is 38.5 Å². The van der Waals surface area contributed by atoms with Crippen molar-refractivity contribution in [3.05, 3.63) is 35.6 Å². The second-order valence-corrected chi connectivity index (χ2v) is 6.54. The third kappa shape index (κ3) is 4.28. The number of hydrogen-bond acceptors (Lipinski definition) is 2. The van der Waals surface area contributed by atoms with E-state index in [0.717, 1.165) is 5.56 Å². The number of halogens is 1. The normalized spacial score (nSPS) is 19.0. The number of amides is 2. The summed E-state index contributed by atoms with van der Waals surface area (Å²) in [5.41, 5.74) is 0.562. The van der Waals surface area contributed by atoms with Crippen molar-refractivity contribution in [2.24, 2.45) is 5.92 Å². The predicted molar refractivity (Wildman–Crippen MR) is 77.8 cm³/mol. The summed E-state index contributed by atoms with van der Waals surface area (Å²) in [4.78, 5) is 25.8. The number of rotatable bonds is 3. The molecule has 2 rings (SSSR count). The van der Waals surface area contributed by atoms with E-state index in [-0.39, 0.29) is 35.5 Å². The SMILES string of the molecule is CC(C)(C)NC(=O)C1CC(=O)N(Cc2ccc(F)cc2)C1. The molecule has 1 aliphatic heterocycles. The number of benzene rings is 1. The van der Waals surface area contributed by atoms with E-state index < -0.39 is 0 Å². The van der Waals surface area contributed by atoms with E-state index in [9.17, 15) is 14.0 Å². The summed E-state index contributed by atoms with van der Waals surface area (Å²) in [6.07, 6.45) is 0.239. The zero-order valence-corrected chi connectivity index (χ0v) is 12.6. The van der Waals surface area contributed by atoms with Crippen molar-refractivity contribution in [2.75, 3.05) is 6.54 Å². The Bertz CT molecular complexity index is 534. The minimum Gasteiger partial charge on any atom is -0.351 e. The number of likely N-dealkylation sites (tertiary alicyclic amines) is 1. The number of carbonyl (C=O) groups excluding carboxylic acids is 2. The van der Waals surface area contributed by atoms with E-state index in [4.69, 9.17) is 0 Å². The van der Waals surface area contributed by atoms with Crippen LogP contribution in [0.5, 0.6) is 0 Å². The van der Waals surface area contributed by atoms with Crippen LogP contribution in [-0.4, -0.2) is 28.8 Å². The molecule has 4 nitrogen and oxygen atoms in total. The molecule has 0 saturated carbocycles. The molecular formula is C16H21FN2O2. The highest BCUT2D eigenvalue weighted by Gasteiger charge is 2.35. The molecule has 1 fully saturated rings. The number of nitrogens with zero attached hydrogens (tertiary/aromatic N) is 1. The van der Waals surface area contributed by atoms with Gasteiger partial charge in [-0.25, -0.2) is 4.39 Å². The summed E-state index contributed by atoms with van der Waals surface area (Å²) in [7, 11) is 0. The molecule has 21 heavy (non-hydrogen) atoms. The van der Waals surface area contributed by atoms with Gasteiger partial charge in [-0.2, -0.15) is 0 Å². The van der Waals surface area contributed by atoms with E-state index in [0.29, 0.717) is 13.1 Å². The molecule has 5 heteroatoms. The van der Waals surface area contributed by atoms with Gasteiger partial charge in [0.1, 0.15) is 5.82 Å². The molecule has 1 unspecified atom stereocenters. The van der Waals surface area contributed by atoms with Gasteiger partial charge in [-0.3, -0.25) is 9.59 Å².